The van der Waals surface area contributed by atoms with Crippen molar-refractivity contribution in [2.24, 2.45) is 0 Å². The molecule has 1 aliphatic heterocycles. The van der Waals surface area contributed by atoms with Crippen LogP contribution < -0.4 is 5.32 Å². The van der Waals surface area contributed by atoms with Gasteiger partial charge in [-0.3, -0.25) is 4.79 Å². The van der Waals surface area contributed by atoms with Crippen LogP contribution in [0.5, 0.6) is 0 Å². The molecule has 25 heavy (non-hydrogen) atoms. The number of rotatable bonds is 4. The topological polar surface area (TPSA) is 62.1 Å². The summed E-state index contributed by atoms with van der Waals surface area (Å²) in [7, 11) is 0. The van der Waals surface area contributed by atoms with E-state index in [1.807, 2.05) is 6.07 Å². The molecule has 3 rings (SSSR count). The molecule has 0 atom stereocenters. The number of ether oxygens (including phenoxy) is 1. The van der Waals surface area contributed by atoms with E-state index in [0.29, 0.717) is 30.9 Å². The van der Waals surface area contributed by atoms with E-state index in [1.54, 1.807) is 36.4 Å². The molecule has 0 unspecified atom stereocenters. The van der Waals surface area contributed by atoms with Crippen LogP contribution >= 0.6 is 0 Å². The van der Waals surface area contributed by atoms with Crippen molar-refractivity contribution in [1.29, 1.82) is 5.26 Å². The first-order valence-corrected chi connectivity index (χ1v) is 8.25. The van der Waals surface area contributed by atoms with E-state index in [2.05, 4.69) is 5.32 Å². The summed E-state index contributed by atoms with van der Waals surface area (Å²) in [5.41, 5.74) is 1.79. The average Bonchev–Trinajstić information content (AvgIpc) is 2.67. The van der Waals surface area contributed by atoms with Crippen LogP contribution in [0.3, 0.4) is 0 Å². The summed E-state index contributed by atoms with van der Waals surface area (Å²) in [5, 5.41) is 11.8. The second-order valence-electron chi connectivity index (χ2n) is 6.27. The molecular formula is C20H19FN2O2. The summed E-state index contributed by atoms with van der Waals surface area (Å²) in [6, 6.07) is 15.0. The third-order valence-electron chi connectivity index (χ3n) is 4.77. The smallest absolute Gasteiger partial charge is 0.251 e. The number of hydrogen-bond acceptors (Lipinski definition) is 3. The largest absolute Gasteiger partial charge is 0.381 e. The third kappa shape index (κ3) is 3.86. The van der Waals surface area contributed by atoms with Crippen molar-refractivity contribution in [2.75, 3.05) is 19.8 Å². The molecule has 0 bridgehead atoms. The molecule has 0 aromatic heterocycles. The lowest BCUT2D eigenvalue weighted by molar-refractivity contribution is 0.0487. The highest BCUT2D eigenvalue weighted by molar-refractivity contribution is 5.94. The van der Waals surface area contributed by atoms with Crippen molar-refractivity contribution < 1.29 is 13.9 Å². The van der Waals surface area contributed by atoms with Gasteiger partial charge in [-0.25, -0.2) is 4.39 Å². The Bertz CT molecular complexity index is 773. The summed E-state index contributed by atoms with van der Waals surface area (Å²) >= 11 is 0. The maximum Gasteiger partial charge on any atom is 0.251 e. The van der Waals surface area contributed by atoms with E-state index >= 15 is 0 Å². The van der Waals surface area contributed by atoms with E-state index in [-0.39, 0.29) is 17.1 Å². The molecule has 0 saturated carbocycles. The highest BCUT2D eigenvalue weighted by Gasteiger charge is 2.34. The monoisotopic (exact) mass is 338 g/mol. The highest BCUT2D eigenvalue weighted by Crippen LogP contribution is 2.34. The average molecular weight is 338 g/mol. The van der Waals surface area contributed by atoms with Crippen LogP contribution in [0, 0.1) is 17.1 Å². The molecule has 5 heteroatoms. The summed E-state index contributed by atoms with van der Waals surface area (Å²) in [4.78, 5) is 12.4. The van der Waals surface area contributed by atoms with E-state index in [0.717, 1.165) is 18.4 Å². The predicted octanol–water partition coefficient (Wildman–Crippen LogP) is 3.18. The minimum Gasteiger partial charge on any atom is -0.381 e. The first-order chi connectivity index (χ1) is 12.1. The molecule has 128 valence electrons. The molecule has 1 amide bonds. The summed E-state index contributed by atoms with van der Waals surface area (Å²) < 4.78 is 18.7. The molecule has 1 aliphatic rings. The molecule has 4 nitrogen and oxygen atoms in total. The Hall–Kier alpha value is -2.71. The van der Waals surface area contributed by atoms with Gasteiger partial charge in [-0.2, -0.15) is 5.26 Å². The molecule has 2 aromatic carbocycles. The third-order valence-corrected chi connectivity index (χ3v) is 4.77. The number of hydrogen-bond donors (Lipinski definition) is 1. The van der Waals surface area contributed by atoms with Gasteiger partial charge in [-0.1, -0.05) is 12.1 Å². The fourth-order valence-corrected chi connectivity index (χ4v) is 3.18. The predicted molar refractivity (Wildman–Crippen MR) is 91.6 cm³/mol. The first-order valence-electron chi connectivity index (χ1n) is 8.25. The highest BCUT2D eigenvalue weighted by atomic mass is 19.1. The standard InChI is InChI=1S/C20H19FN2O2/c21-18-7-5-17(6-8-18)20(9-11-25-12-10-20)14-23-19(24)16-3-1-15(13-22)2-4-16/h1-8H,9-12,14H2,(H,23,24). The van der Waals surface area contributed by atoms with E-state index < -0.39 is 0 Å². The zero-order chi connectivity index (χ0) is 17.7. The fraction of sp³-hybridized carbons (Fsp3) is 0.300. The van der Waals surface area contributed by atoms with Gasteiger partial charge in [0.25, 0.3) is 5.91 Å². The minimum atomic E-state index is -0.271. The van der Waals surface area contributed by atoms with Crippen molar-refractivity contribution in [2.45, 2.75) is 18.3 Å². The number of carbonyl (C=O) groups is 1. The number of amides is 1. The van der Waals surface area contributed by atoms with Crippen LogP contribution in [-0.2, 0) is 10.2 Å². The van der Waals surface area contributed by atoms with Crippen molar-refractivity contribution in [3.63, 3.8) is 0 Å². The summed E-state index contributed by atoms with van der Waals surface area (Å²) in [6.45, 7) is 1.69. The zero-order valence-electron chi connectivity index (χ0n) is 13.8. The number of halogens is 1. The molecular weight excluding hydrogens is 319 g/mol. The Labute approximate surface area is 146 Å². The number of benzene rings is 2. The second kappa shape index (κ2) is 7.45. The van der Waals surface area contributed by atoms with Crippen molar-refractivity contribution in [3.05, 3.63) is 71.0 Å². The van der Waals surface area contributed by atoms with Crippen LogP contribution in [0.2, 0.25) is 0 Å². The van der Waals surface area contributed by atoms with Gasteiger partial charge in [0.15, 0.2) is 0 Å². The van der Waals surface area contributed by atoms with Crippen molar-refractivity contribution >= 4 is 5.91 Å². The molecule has 1 saturated heterocycles. The molecule has 1 fully saturated rings. The Morgan fingerprint density at radius 2 is 1.76 bits per heavy atom. The summed E-state index contributed by atoms with van der Waals surface area (Å²) in [6.07, 6.45) is 1.54. The Morgan fingerprint density at radius 3 is 2.36 bits per heavy atom. The van der Waals surface area contributed by atoms with Gasteiger partial charge in [0.05, 0.1) is 11.6 Å². The number of nitriles is 1. The first kappa shape index (κ1) is 17.1. The molecule has 0 radical (unpaired) electrons. The van der Waals surface area contributed by atoms with Gasteiger partial charge in [-0.05, 0) is 54.8 Å². The second-order valence-corrected chi connectivity index (χ2v) is 6.27. The molecule has 1 heterocycles. The van der Waals surface area contributed by atoms with Gasteiger partial charge < -0.3 is 10.1 Å². The van der Waals surface area contributed by atoms with Crippen molar-refractivity contribution in [1.82, 2.24) is 5.32 Å². The molecule has 1 N–H and O–H groups in total. The lowest BCUT2D eigenvalue weighted by atomic mass is 9.74. The van der Waals surface area contributed by atoms with E-state index in [1.165, 1.54) is 12.1 Å². The number of nitrogens with zero attached hydrogens (tertiary/aromatic N) is 1. The molecule has 0 spiro atoms. The summed E-state index contributed by atoms with van der Waals surface area (Å²) in [5.74, 6) is -0.454. The zero-order valence-corrected chi connectivity index (χ0v) is 13.8. The SMILES string of the molecule is N#Cc1ccc(C(=O)NCC2(c3ccc(F)cc3)CCOCC2)cc1. The lowest BCUT2D eigenvalue weighted by Crippen LogP contribution is -2.44. The Morgan fingerprint density at radius 1 is 1.12 bits per heavy atom. The van der Waals surface area contributed by atoms with Crippen LogP contribution in [0.1, 0.15) is 34.3 Å². The van der Waals surface area contributed by atoms with Crippen molar-refractivity contribution in [3.8, 4) is 6.07 Å². The maximum absolute atomic E-state index is 13.3. The minimum absolute atomic E-state index is 0.183. The normalized spacial score (nSPS) is 16.0. The van der Waals surface area contributed by atoms with Gasteiger partial charge in [0.1, 0.15) is 5.82 Å². The van der Waals surface area contributed by atoms with Gasteiger partial charge in [0, 0.05) is 30.7 Å². The van der Waals surface area contributed by atoms with Gasteiger partial charge in [0.2, 0.25) is 0 Å². The number of nitrogens with one attached hydrogen (secondary N) is 1. The molecule has 0 aliphatic carbocycles. The lowest BCUT2D eigenvalue weighted by Gasteiger charge is -2.38. The Balaban J connectivity index is 1.75. The quantitative estimate of drug-likeness (QED) is 0.931. The van der Waals surface area contributed by atoms with E-state index in [4.69, 9.17) is 10.00 Å². The van der Waals surface area contributed by atoms with Gasteiger partial charge in [-0.15, -0.1) is 0 Å². The van der Waals surface area contributed by atoms with Crippen LogP contribution in [0.25, 0.3) is 0 Å². The van der Waals surface area contributed by atoms with Crippen LogP contribution in [0.15, 0.2) is 48.5 Å². The molecule has 2 aromatic rings. The van der Waals surface area contributed by atoms with Gasteiger partial charge >= 0.3 is 0 Å². The van der Waals surface area contributed by atoms with Crippen LogP contribution in [0.4, 0.5) is 4.39 Å². The maximum atomic E-state index is 13.3. The fourth-order valence-electron chi connectivity index (χ4n) is 3.18. The van der Waals surface area contributed by atoms with Crippen LogP contribution in [-0.4, -0.2) is 25.7 Å². The van der Waals surface area contributed by atoms with E-state index in [9.17, 15) is 9.18 Å². The Kier molecular flexibility index (Phi) is 5.11. The number of carbonyl (C=O) groups excluding carboxylic acids is 1.